The van der Waals surface area contributed by atoms with Gasteiger partial charge in [-0.15, -0.1) is 11.3 Å². The molecule has 2 fully saturated rings. The summed E-state index contributed by atoms with van der Waals surface area (Å²) in [5, 5.41) is 18.8. The quantitative estimate of drug-likeness (QED) is 0.133. The topological polar surface area (TPSA) is 159 Å². The molecule has 0 spiro atoms. The molecule has 15 heteroatoms. The van der Waals surface area contributed by atoms with Crippen LogP contribution in [0.4, 0.5) is 24.5 Å². The van der Waals surface area contributed by atoms with Gasteiger partial charge in [-0.3, -0.25) is 9.59 Å². The maximum atomic E-state index is 13.8. The largest absolute Gasteiger partial charge is 0.477 e. The fourth-order valence-corrected chi connectivity index (χ4v) is 7.22. The number of amides is 2. The van der Waals surface area contributed by atoms with Gasteiger partial charge in [0.05, 0.1) is 41.0 Å². The average molecular weight is 725 g/mol. The van der Waals surface area contributed by atoms with Crippen LogP contribution in [0.1, 0.15) is 59.3 Å². The molecule has 5 rings (SSSR count). The summed E-state index contributed by atoms with van der Waals surface area (Å²) >= 11 is 1.24. The van der Waals surface area contributed by atoms with Crippen molar-refractivity contribution >= 4 is 50.6 Å². The number of ether oxygens (including phenoxy) is 2. The van der Waals surface area contributed by atoms with Crippen LogP contribution in [0.3, 0.4) is 0 Å². The number of esters is 1. The zero-order valence-electron chi connectivity index (χ0n) is 28.0. The molecular formula is C36H39F3N6O5S. The molecule has 2 heterocycles. The van der Waals surface area contributed by atoms with Crippen molar-refractivity contribution in [1.82, 2.24) is 10.2 Å². The molecule has 51 heavy (non-hydrogen) atoms. The number of nitrogens with zero attached hydrogens (tertiary/aromatic N) is 2. The number of nitrogens with two attached hydrogens (primary N) is 1. The van der Waals surface area contributed by atoms with Crippen molar-refractivity contribution in [2.45, 2.75) is 69.2 Å². The number of carbonyl (C=O) groups excluding carboxylic acids is 3. The van der Waals surface area contributed by atoms with Crippen LogP contribution in [0.15, 0.2) is 36.4 Å². The van der Waals surface area contributed by atoms with Crippen molar-refractivity contribution in [1.29, 1.82) is 5.26 Å². The molecule has 270 valence electrons. The molecule has 3 aromatic rings. The van der Waals surface area contributed by atoms with Gasteiger partial charge in [-0.25, -0.2) is 4.79 Å². The Kier molecular flexibility index (Phi) is 12.3. The highest BCUT2D eigenvalue weighted by atomic mass is 32.1. The summed E-state index contributed by atoms with van der Waals surface area (Å²) in [5.41, 5.74) is 6.59. The Labute approximate surface area is 297 Å². The third-order valence-electron chi connectivity index (χ3n) is 8.72. The number of hydrogen-bond donors (Lipinski definition) is 4. The molecule has 1 aliphatic carbocycles. The first-order valence-electron chi connectivity index (χ1n) is 16.6. The normalized spacial score (nSPS) is 15.6. The third kappa shape index (κ3) is 10.3. The van der Waals surface area contributed by atoms with Crippen molar-refractivity contribution in [2.75, 3.05) is 44.0 Å². The number of halogens is 3. The molecule has 1 atom stereocenters. The Balaban J connectivity index is 1.31. The van der Waals surface area contributed by atoms with Gasteiger partial charge in [0.1, 0.15) is 17.9 Å². The summed E-state index contributed by atoms with van der Waals surface area (Å²) in [4.78, 5) is 39.2. The third-order valence-corrected chi connectivity index (χ3v) is 9.92. The SMILES string of the molecule is COC(=O)C(CCC(N)=O)NC(=O)c1ccc(NCC#Cc2sc3c(NC4CCN(C5CC5)CC4)cccc3c2CC(F)(F)F)c(OCC#N)c1. The number of primary amides is 1. The van der Waals surface area contributed by atoms with Crippen molar-refractivity contribution in [2.24, 2.45) is 5.73 Å². The fraction of sp³-hybridized carbons (Fsp3) is 0.444. The Hall–Kier alpha value is -4.99. The number of anilines is 2. The number of hydrogen-bond acceptors (Lipinski definition) is 10. The van der Waals surface area contributed by atoms with Crippen LogP contribution >= 0.6 is 11.3 Å². The van der Waals surface area contributed by atoms with E-state index >= 15 is 0 Å². The molecule has 1 aromatic heterocycles. The lowest BCUT2D eigenvalue weighted by molar-refractivity contribution is -0.143. The first-order chi connectivity index (χ1) is 24.5. The van der Waals surface area contributed by atoms with Crippen LogP contribution in [0.5, 0.6) is 5.75 Å². The van der Waals surface area contributed by atoms with E-state index in [0.29, 0.717) is 22.0 Å². The molecule has 0 radical (unpaired) electrons. The smallest absolute Gasteiger partial charge is 0.393 e. The standard InChI is InChI=1S/C36H39F3N6O5S/c1-49-35(48)29(11-12-32(41)46)44-34(47)22-7-10-27(30(20-22)50-19-15-40)42-16-3-6-31-26(21-36(37,38)39)25-4-2-5-28(33(25)51-31)43-23-13-17-45(18-14-23)24-8-9-24/h2,4-5,7,10,20,23-24,29,42-43H,8-9,11-14,16-19,21H2,1H3,(H2,41,46)(H,44,47). The lowest BCUT2D eigenvalue weighted by atomic mass is 10.0. The van der Waals surface area contributed by atoms with Crippen LogP contribution in [0, 0.1) is 23.2 Å². The second kappa shape index (κ2) is 16.8. The lowest BCUT2D eigenvalue weighted by Crippen LogP contribution is -2.42. The first-order valence-corrected chi connectivity index (χ1v) is 17.4. The van der Waals surface area contributed by atoms with E-state index in [1.807, 2.05) is 12.1 Å². The molecule has 1 saturated carbocycles. The van der Waals surface area contributed by atoms with E-state index < -0.39 is 36.4 Å². The number of piperidine rings is 1. The van der Waals surface area contributed by atoms with E-state index in [4.69, 9.17) is 20.5 Å². The number of thiophene rings is 1. The van der Waals surface area contributed by atoms with Crippen LogP contribution in [0.2, 0.25) is 0 Å². The minimum Gasteiger partial charge on any atom is -0.477 e. The van der Waals surface area contributed by atoms with Gasteiger partial charge < -0.3 is 36.1 Å². The second-order valence-electron chi connectivity index (χ2n) is 12.4. The number of benzene rings is 2. The van der Waals surface area contributed by atoms with Gasteiger partial charge in [0.25, 0.3) is 5.91 Å². The van der Waals surface area contributed by atoms with E-state index in [1.165, 1.54) is 42.4 Å². The zero-order valence-corrected chi connectivity index (χ0v) is 28.8. The van der Waals surface area contributed by atoms with Crippen molar-refractivity contribution in [3.8, 4) is 23.7 Å². The molecule has 5 N–H and O–H groups in total. The van der Waals surface area contributed by atoms with Gasteiger partial charge in [-0.1, -0.05) is 24.0 Å². The number of methoxy groups -OCH3 is 1. The molecule has 1 aliphatic heterocycles. The molecule has 2 aromatic carbocycles. The Morgan fingerprint density at radius 2 is 1.88 bits per heavy atom. The summed E-state index contributed by atoms with van der Waals surface area (Å²) in [7, 11) is 1.15. The van der Waals surface area contributed by atoms with E-state index in [2.05, 4.69) is 32.7 Å². The van der Waals surface area contributed by atoms with E-state index in [0.717, 1.165) is 43.4 Å². The molecule has 1 saturated heterocycles. The molecule has 2 amide bonds. The van der Waals surface area contributed by atoms with Gasteiger partial charge in [0, 0.05) is 37.2 Å². The molecule has 0 bridgehead atoms. The number of fused-ring (bicyclic) bond motifs is 1. The van der Waals surface area contributed by atoms with Gasteiger partial charge in [-0.2, -0.15) is 18.4 Å². The van der Waals surface area contributed by atoms with Crippen molar-refractivity contribution in [3.05, 3.63) is 52.4 Å². The van der Waals surface area contributed by atoms with Crippen molar-refractivity contribution in [3.63, 3.8) is 0 Å². The zero-order chi connectivity index (χ0) is 36.5. The summed E-state index contributed by atoms with van der Waals surface area (Å²) in [6.45, 7) is 1.70. The van der Waals surface area contributed by atoms with E-state index in [1.54, 1.807) is 12.1 Å². The monoisotopic (exact) mass is 724 g/mol. The Morgan fingerprint density at radius 1 is 1.12 bits per heavy atom. The number of carbonyl (C=O) groups is 3. The molecule has 11 nitrogen and oxygen atoms in total. The number of likely N-dealkylation sites (tertiary alicyclic amines) is 1. The first kappa shape index (κ1) is 37.3. The van der Waals surface area contributed by atoms with Gasteiger partial charge in [-0.05, 0) is 67.3 Å². The van der Waals surface area contributed by atoms with Crippen LogP contribution in [-0.2, 0) is 20.7 Å². The van der Waals surface area contributed by atoms with Gasteiger partial charge in [0.15, 0.2) is 6.61 Å². The van der Waals surface area contributed by atoms with Crippen LogP contribution < -0.4 is 26.4 Å². The second-order valence-corrected chi connectivity index (χ2v) is 13.5. The molecule has 2 aliphatic rings. The highest BCUT2D eigenvalue weighted by Crippen LogP contribution is 2.40. The van der Waals surface area contributed by atoms with Crippen molar-refractivity contribution < 1.29 is 37.0 Å². The van der Waals surface area contributed by atoms with Gasteiger partial charge >= 0.3 is 12.1 Å². The highest BCUT2D eigenvalue weighted by molar-refractivity contribution is 7.20. The molecular weight excluding hydrogens is 685 g/mol. The fourth-order valence-electron chi connectivity index (χ4n) is 6.05. The number of nitriles is 1. The summed E-state index contributed by atoms with van der Waals surface area (Å²) in [5.74, 6) is 3.92. The predicted molar refractivity (Wildman–Crippen MR) is 187 cm³/mol. The minimum atomic E-state index is -4.43. The summed E-state index contributed by atoms with van der Waals surface area (Å²) < 4.78 is 52.3. The maximum Gasteiger partial charge on any atom is 0.393 e. The van der Waals surface area contributed by atoms with E-state index in [9.17, 15) is 27.6 Å². The maximum absolute atomic E-state index is 13.8. The number of alkyl halides is 3. The Bertz CT molecular complexity index is 1850. The van der Waals surface area contributed by atoms with Gasteiger partial charge in [0.2, 0.25) is 5.91 Å². The lowest BCUT2D eigenvalue weighted by Gasteiger charge is -2.33. The van der Waals surface area contributed by atoms with Crippen LogP contribution in [0.25, 0.3) is 10.1 Å². The average Bonchev–Trinajstić information content (AvgIpc) is 3.90. The highest BCUT2D eigenvalue weighted by Gasteiger charge is 2.33. The van der Waals surface area contributed by atoms with E-state index in [-0.39, 0.29) is 48.9 Å². The predicted octanol–water partition coefficient (Wildman–Crippen LogP) is 4.95. The number of nitrogens with one attached hydrogen (secondary N) is 3. The summed E-state index contributed by atoms with van der Waals surface area (Å²) in [6, 6.07) is 11.4. The minimum absolute atomic E-state index is 0.0103. The summed E-state index contributed by atoms with van der Waals surface area (Å²) in [6.07, 6.45) is -1.28. The molecule has 1 unspecified atom stereocenters. The van der Waals surface area contributed by atoms with Crippen LogP contribution in [-0.4, -0.2) is 80.3 Å². The Morgan fingerprint density at radius 3 is 2.55 bits per heavy atom. The number of rotatable bonds is 14.